The second-order valence-electron chi connectivity index (χ2n) is 8.42. The van der Waals surface area contributed by atoms with E-state index in [2.05, 4.69) is 4.90 Å². The lowest BCUT2D eigenvalue weighted by atomic mass is 9.85. The highest BCUT2D eigenvalue weighted by Crippen LogP contribution is 2.39. The molecule has 8 nitrogen and oxygen atoms in total. The van der Waals surface area contributed by atoms with Gasteiger partial charge in [0.2, 0.25) is 10.0 Å². The molecule has 1 atom stereocenters. The molecule has 0 aliphatic carbocycles. The van der Waals surface area contributed by atoms with Gasteiger partial charge >= 0.3 is 0 Å². The van der Waals surface area contributed by atoms with E-state index in [1.165, 1.54) is 4.31 Å². The molecule has 0 saturated carbocycles. The summed E-state index contributed by atoms with van der Waals surface area (Å²) in [4.78, 5) is 2.32. The molecule has 0 bridgehead atoms. The summed E-state index contributed by atoms with van der Waals surface area (Å²) in [6, 6.07) is 10.6. The average molecular weight is 547 g/mol. The van der Waals surface area contributed by atoms with Crippen LogP contribution in [0.3, 0.4) is 0 Å². The molecule has 1 heterocycles. The molecule has 2 aromatic rings. The van der Waals surface area contributed by atoms with E-state index in [1.807, 2.05) is 19.2 Å². The maximum atomic E-state index is 13.4. The molecule has 0 spiro atoms. The Hall–Kier alpha value is -1.27. The van der Waals surface area contributed by atoms with Crippen LogP contribution in [-0.4, -0.2) is 89.0 Å². The number of rotatable bonds is 13. The third kappa shape index (κ3) is 7.38. The van der Waals surface area contributed by atoms with Crippen LogP contribution in [0.15, 0.2) is 41.3 Å². The highest BCUT2D eigenvalue weighted by atomic mass is 35.5. The number of sulfonamides is 1. The second kappa shape index (κ2) is 13.3. The minimum atomic E-state index is -3.85. The Balaban J connectivity index is 1.80. The van der Waals surface area contributed by atoms with Crippen LogP contribution in [0, 0.1) is 0 Å². The fourth-order valence-corrected chi connectivity index (χ4v) is 6.25. The van der Waals surface area contributed by atoms with Gasteiger partial charge in [-0.15, -0.1) is 0 Å². The topological polar surface area (TPSA) is 105 Å². The van der Waals surface area contributed by atoms with Crippen molar-refractivity contribution >= 4 is 33.2 Å². The molecule has 0 saturated heterocycles. The quantitative estimate of drug-likeness (QED) is 0.372. The number of fused-ring (bicyclic) bond motifs is 1. The monoisotopic (exact) mass is 545 g/mol. The number of aliphatic hydroxyl groups excluding tert-OH is 1. The van der Waals surface area contributed by atoms with Crippen LogP contribution < -0.4 is 5.73 Å². The Morgan fingerprint density at radius 2 is 1.86 bits per heavy atom. The molecule has 0 amide bonds. The molecule has 0 fully saturated rings. The number of nitrogens with two attached hydrogens (primary N) is 1. The van der Waals surface area contributed by atoms with Gasteiger partial charge in [0.05, 0.1) is 37.9 Å². The van der Waals surface area contributed by atoms with Crippen molar-refractivity contribution in [3.8, 4) is 0 Å². The maximum Gasteiger partial charge on any atom is 0.243 e. The van der Waals surface area contributed by atoms with Gasteiger partial charge < -0.3 is 25.2 Å². The molecule has 1 aliphatic heterocycles. The third-order valence-electron chi connectivity index (χ3n) is 5.86. The van der Waals surface area contributed by atoms with Gasteiger partial charge in [-0.3, -0.25) is 0 Å². The van der Waals surface area contributed by atoms with Crippen molar-refractivity contribution in [3.05, 3.63) is 63.1 Å². The third-order valence-corrected chi connectivity index (χ3v) is 8.31. The maximum absolute atomic E-state index is 13.4. The van der Waals surface area contributed by atoms with E-state index in [9.17, 15) is 13.5 Å². The van der Waals surface area contributed by atoms with Crippen LogP contribution in [0.1, 0.15) is 22.6 Å². The van der Waals surface area contributed by atoms with E-state index < -0.39 is 10.0 Å². The highest BCUT2D eigenvalue weighted by Gasteiger charge is 2.29. The van der Waals surface area contributed by atoms with E-state index in [-0.39, 0.29) is 37.1 Å². The van der Waals surface area contributed by atoms with E-state index >= 15 is 0 Å². The number of hydrogen-bond acceptors (Lipinski definition) is 7. The molecule has 11 heteroatoms. The predicted octanol–water partition coefficient (Wildman–Crippen LogP) is 2.55. The minimum absolute atomic E-state index is 0.0280. The van der Waals surface area contributed by atoms with Crippen molar-refractivity contribution in [1.82, 2.24) is 9.21 Å². The lowest BCUT2D eigenvalue weighted by Crippen LogP contribution is -2.36. The Bertz CT molecular complexity index is 1090. The molecule has 2 aromatic carbocycles. The Kier molecular flexibility index (Phi) is 10.8. The first kappa shape index (κ1) is 28.3. The smallest absolute Gasteiger partial charge is 0.243 e. The molecule has 3 N–H and O–H groups in total. The molecule has 0 unspecified atom stereocenters. The van der Waals surface area contributed by atoms with Crippen LogP contribution in [0.25, 0.3) is 0 Å². The number of halogens is 2. The first-order valence-electron chi connectivity index (χ1n) is 11.5. The van der Waals surface area contributed by atoms with Gasteiger partial charge in [0.1, 0.15) is 0 Å². The van der Waals surface area contributed by atoms with Gasteiger partial charge in [-0.05, 0) is 48.0 Å². The number of likely N-dealkylation sites (N-methyl/N-ethyl adjacent to an activating group) is 1. The predicted molar refractivity (Wildman–Crippen MR) is 138 cm³/mol. The normalized spacial score (nSPS) is 16.6. The van der Waals surface area contributed by atoms with E-state index in [4.69, 9.17) is 38.4 Å². The zero-order chi connectivity index (χ0) is 25.4. The zero-order valence-corrected chi connectivity index (χ0v) is 22.2. The lowest BCUT2D eigenvalue weighted by Gasteiger charge is -2.33. The summed E-state index contributed by atoms with van der Waals surface area (Å²) >= 11 is 12.8. The highest BCUT2D eigenvalue weighted by molar-refractivity contribution is 7.89. The Morgan fingerprint density at radius 3 is 2.57 bits per heavy atom. The Labute approximate surface area is 217 Å². The zero-order valence-electron chi connectivity index (χ0n) is 19.8. The van der Waals surface area contributed by atoms with Gasteiger partial charge in [0.25, 0.3) is 0 Å². The molecular formula is C24H33Cl2N3O5S. The Morgan fingerprint density at radius 1 is 1.11 bits per heavy atom. The van der Waals surface area contributed by atoms with Crippen LogP contribution in [0.2, 0.25) is 10.0 Å². The number of nitrogens with zero attached hydrogens (tertiary/aromatic N) is 2. The molecule has 0 radical (unpaired) electrons. The summed E-state index contributed by atoms with van der Waals surface area (Å²) in [5.74, 6) is -0.0850. The summed E-state index contributed by atoms with van der Waals surface area (Å²) in [6.45, 7) is 2.98. The van der Waals surface area contributed by atoms with E-state index in [1.54, 1.807) is 24.3 Å². The van der Waals surface area contributed by atoms with E-state index in [0.717, 1.165) is 16.7 Å². The van der Waals surface area contributed by atoms with Gasteiger partial charge in [-0.25, -0.2) is 8.42 Å². The van der Waals surface area contributed by atoms with Crippen LogP contribution in [-0.2, 0) is 26.0 Å². The van der Waals surface area contributed by atoms with Gasteiger partial charge in [0.15, 0.2) is 0 Å². The molecule has 1 aliphatic rings. The summed E-state index contributed by atoms with van der Waals surface area (Å²) in [5, 5.41) is 10.6. The first-order chi connectivity index (χ1) is 16.8. The van der Waals surface area contributed by atoms with Crippen molar-refractivity contribution in [2.24, 2.45) is 5.73 Å². The van der Waals surface area contributed by atoms with Crippen molar-refractivity contribution < 1.29 is 23.0 Å². The fourth-order valence-electron chi connectivity index (χ4n) is 4.21. The summed E-state index contributed by atoms with van der Waals surface area (Å²) in [5.41, 5.74) is 8.23. The van der Waals surface area contributed by atoms with Crippen molar-refractivity contribution in [3.63, 3.8) is 0 Å². The number of benzene rings is 2. The van der Waals surface area contributed by atoms with Gasteiger partial charge in [0, 0.05) is 48.7 Å². The van der Waals surface area contributed by atoms with Crippen molar-refractivity contribution in [1.29, 1.82) is 0 Å². The van der Waals surface area contributed by atoms with Gasteiger partial charge in [-0.2, -0.15) is 4.31 Å². The van der Waals surface area contributed by atoms with Crippen LogP contribution in [0.4, 0.5) is 0 Å². The van der Waals surface area contributed by atoms with Crippen molar-refractivity contribution in [2.45, 2.75) is 17.4 Å². The largest absolute Gasteiger partial charge is 0.395 e. The molecule has 194 valence electrons. The molecular weight excluding hydrogens is 513 g/mol. The second-order valence-corrected chi connectivity index (χ2v) is 11.2. The fraction of sp³-hybridized carbons (Fsp3) is 0.500. The molecule has 0 aromatic heterocycles. The van der Waals surface area contributed by atoms with Crippen LogP contribution in [0.5, 0.6) is 0 Å². The summed E-state index contributed by atoms with van der Waals surface area (Å²) in [6.07, 6.45) is 0. The first-order valence-corrected chi connectivity index (χ1v) is 13.7. The number of ether oxygens (including phenoxy) is 2. The lowest BCUT2D eigenvalue weighted by molar-refractivity contribution is 0.0465. The minimum Gasteiger partial charge on any atom is -0.395 e. The SMILES string of the molecule is CN1Cc2c(Cl)cc(Cl)cc2[C@H](c2cccc(S(=O)(=O)N(CCO)CCOCCOCCN)c2)C1. The van der Waals surface area contributed by atoms with Gasteiger partial charge in [-0.1, -0.05) is 35.3 Å². The number of aliphatic hydroxyl groups is 1. The standard InChI is InChI=1S/C24H33Cl2N3O5S/c1-28-16-22(21-14-19(25)15-24(26)23(21)17-28)18-3-2-4-20(13-18)35(31,32)29(6-8-30)7-10-34-12-11-33-9-5-27/h2-4,13-15,22,30H,5-12,16-17,27H2,1H3/t22-/m0/s1. The summed E-state index contributed by atoms with van der Waals surface area (Å²) < 4.78 is 38.9. The molecule has 35 heavy (non-hydrogen) atoms. The molecule has 3 rings (SSSR count). The summed E-state index contributed by atoms with van der Waals surface area (Å²) in [7, 11) is -1.85. The van der Waals surface area contributed by atoms with Crippen LogP contribution >= 0.6 is 23.2 Å². The number of hydrogen-bond donors (Lipinski definition) is 2. The van der Waals surface area contributed by atoms with E-state index in [0.29, 0.717) is 49.5 Å². The average Bonchev–Trinajstić information content (AvgIpc) is 2.83. The van der Waals surface area contributed by atoms with Crippen molar-refractivity contribution in [2.75, 3.05) is 66.3 Å².